The fourth-order valence-corrected chi connectivity index (χ4v) is 3.48. The van der Waals surface area contributed by atoms with Crippen molar-refractivity contribution in [2.24, 2.45) is 0 Å². The molecule has 4 nitrogen and oxygen atoms in total. The summed E-state index contributed by atoms with van der Waals surface area (Å²) in [6.07, 6.45) is 5.58. The summed E-state index contributed by atoms with van der Waals surface area (Å²) in [6.45, 7) is 5.74. The van der Waals surface area contributed by atoms with Crippen molar-refractivity contribution in [3.05, 3.63) is 46.2 Å². The van der Waals surface area contributed by atoms with E-state index in [0.29, 0.717) is 6.04 Å². The molecule has 1 aliphatic heterocycles. The first-order chi connectivity index (χ1) is 10.3. The molecular weight excluding hydrogens is 282 g/mol. The first kappa shape index (κ1) is 14.6. The fraction of sp³-hybridized carbons (Fsp3) is 0.500. The summed E-state index contributed by atoms with van der Waals surface area (Å²) >= 11 is 1.83. The first-order valence-corrected chi connectivity index (χ1v) is 8.31. The predicted molar refractivity (Wildman–Crippen MR) is 84.4 cm³/mol. The zero-order valence-corrected chi connectivity index (χ0v) is 13.2. The molecule has 3 rings (SSSR count). The van der Waals surface area contributed by atoms with Crippen LogP contribution in [0.3, 0.4) is 0 Å². The van der Waals surface area contributed by atoms with Gasteiger partial charge >= 0.3 is 0 Å². The van der Waals surface area contributed by atoms with Crippen LogP contribution < -0.4 is 0 Å². The van der Waals surface area contributed by atoms with Crippen LogP contribution in [0, 0.1) is 6.92 Å². The summed E-state index contributed by atoms with van der Waals surface area (Å²) in [5, 5.41) is 2.15. The summed E-state index contributed by atoms with van der Waals surface area (Å²) < 4.78 is 5.68. The lowest BCUT2D eigenvalue weighted by Crippen LogP contribution is -2.45. The molecule has 0 radical (unpaired) electrons. The van der Waals surface area contributed by atoms with Crippen LogP contribution in [-0.2, 0) is 17.7 Å². The largest absolute Gasteiger partial charge is 0.378 e. The van der Waals surface area contributed by atoms with Gasteiger partial charge in [-0.05, 0) is 31.2 Å². The van der Waals surface area contributed by atoms with Gasteiger partial charge in [0.2, 0.25) is 0 Å². The van der Waals surface area contributed by atoms with Gasteiger partial charge in [-0.1, -0.05) is 6.07 Å². The number of nitrogens with zero attached hydrogens (tertiary/aromatic N) is 3. The number of rotatable bonds is 5. The third-order valence-electron chi connectivity index (χ3n) is 3.99. The quantitative estimate of drug-likeness (QED) is 0.851. The smallest absolute Gasteiger partial charge is 0.0622 e. The number of hydrogen-bond donors (Lipinski definition) is 0. The predicted octanol–water partition coefficient (Wildman–Crippen LogP) is 2.68. The Morgan fingerprint density at radius 1 is 1.38 bits per heavy atom. The number of hydrogen-bond acceptors (Lipinski definition) is 5. The van der Waals surface area contributed by atoms with Gasteiger partial charge in [-0.3, -0.25) is 14.9 Å². The van der Waals surface area contributed by atoms with E-state index in [2.05, 4.69) is 32.4 Å². The van der Waals surface area contributed by atoms with Crippen LogP contribution in [-0.4, -0.2) is 40.7 Å². The Labute approximate surface area is 129 Å². The molecule has 0 spiro atoms. The van der Waals surface area contributed by atoms with E-state index in [-0.39, 0.29) is 0 Å². The molecule has 2 aromatic rings. The molecule has 0 saturated carbocycles. The van der Waals surface area contributed by atoms with Crippen LogP contribution in [0.5, 0.6) is 0 Å². The van der Waals surface area contributed by atoms with E-state index in [1.54, 1.807) is 12.4 Å². The maximum atomic E-state index is 5.68. The minimum atomic E-state index is 0.474. The van der Waals surface area contributed by atoms with E-state index in [1.807, 2.05) is 18.3 Å². The Balaban J connectivity index is 1.60. The zero-order chi connectivity index (χ0) is 14.5. The molecular formula is C16H21N3OS. The molecule has 1 atom stereocenters. The number of morpholine rings is 1. The SMILES string of the molecule is Cc1nccnc1CC[C@@H]1COCCN1Cc1cccs1. The van der Waals surface area contributed by atoms with Gasteiger partial charge in [0.1, 0.15) is 0 Å². The first-order valence-electron chi connectivity index (χ1n) is 7.43. The van der Waals surface area contributed by atoms with E-state index in [1.165, 1.54) is 4.88 Å². The van der Waals surface area contributed by atoms with Gasteiger partial charge in [-0.15, -0.1) is 11.3 Å². The fourth-order valence-electron chi connectivity index (χ4n) is 2.75. The lowest BCUT2D eigenvalue weighted by atomic mass is 10.1. The maximum Gasteiger partial charge on any atom is 0.0622 e. The van der Waals surface area contributed by atoms with Crippen molar-refractivity contribution >= 4 is 11.3 Å². The Morgan fingerprint density at radius 2 is 2.29 bits per heavy atom. The molecule has 3 heterocycles. The van der Waals surface area contributed by atoms with Crippen LogP contribution in [0.2, 0.25) is 0 Å². The minimum absolute atomic E-state index is 0.474. The van der Waals surface area contributed by atoms with Crippen LogP contribution in [0.15, 0.2) is 29.9 Å². The molecule has 1 aliphatic rings. The van der Waals surface area contributed by atoms with Crippen molar-refractivity contribution in [3.63, 3.8) is 0 Å². The van der Waals surface area contributed by atoms with Crippen molar-refractivity contribution in [1.29, 1.82) is 0 Å². The molecule has 0 aliphatic carbocycles. The third-order valence-corrected chi connectivity index (χ3v) is 4.85. The van der Waals surface area contributed by atoms with Crippen molar-refractivity contribution < 1.29 is 4.74 Å². The molecule has 1 fully saturated rings. The second kappa shape index (κ2) is 7.11. The van der Waals surface area contributed by atoms with Crippen LogP contribution in [0.25, 0.3) is 0 Å². The highest BCUT2D eigenvalue weighted by Gasteiger charge is 2.23. The van der Waals surface area contributed by atoms with Crippen molar-refractivity contribution in [2.45, 2.75) is 32.4 Å². The Kier molecular flexibility index (Phi) is 4.95. The second-order valence-electron chi connectivity index (χ2n) is 5.41. The molecule has 0 N–H and O–H groups in total. The molecule has 0 unspecified atom stereocenters. The zero-order valence-electron chi connectivity index (χ0n) is 12.4. The highest BCUT2D eigenvalue weighted by molar-refractivity contribution is 7.09. The summed E-state index contributed by atoms with van der Waals surface area (Å²) in [4.78, 5) is 12.7. The molecule has 0 bridgehead atoms. The summed E-state index contributed by atoms with van der Waals surface area (Å²) in [5.41, 5.74) is 2.15. The topological polar surface area (TPSA) is 38.3 Å². The van der Waals surface area contributed by atoms with E-state index in [4.69, 9.17) is 4.74 Å². The molecule has 21 heavy (non-hydrogen) atoms. The Hall–Kier alpha value is -1.30. The van der Waals surface area contributed by atoms with Gasteiger partial charge in [0.25, 0.3) is 0 Å². The van der Waals surface area contributed by atoms with E-state index >= 15 is 0 Å². The van der Waals surface area contributed by atoms with Gasteiger partial charge in [-0.25, -0.2) is 0 Å². The number of aryl methyl sites for hydroxylation is 2. The molecule has 0 aromatic carbocycles. The molecule has 1 saturated heterocycles. The van der Waals surface area contributed by atoms with Crippen molar-refractivity contribution in [3.8, 4) is 0 Å². The average molecular weight is 303 g/mol. The van der Waals surface area contributed by atoms with E-state index < -0.39 is 0 Å². The van der Waals surface area contributed by atoms with Gasteiger partial charge in [0, 0.05) is 36.4 Å². The van der Waals surface area contributed by atoms with Crippen LogP contribution in [0.1, 0.15) is 22.7 Å². The molecule has 0 amide bonds. The third kappa shape index (κ3) is 3.87. The second-order valence-corrected chi connectivity index (χ2v) is 6.44. The standard InChI is InChI=1S/C16H21N3OS/c1-13-16(18-7-6-17-13)5-4-14-12-20-9-8-19(14)11-15-3-2-10-21-15/h2-3,6-7,10,14H,4-5,8-9,11-12H2,1H3/t14-/m1/s1. The highest BCUT2D eigenvalue weighted by Crippen LogP contribution is 2.19. The van der Waals surface area contributed by atoms with Crippen molar-refractivity contribution in [1.82, 2.24) is 14.9 Å². The van der Waals surface area contributed by atoms with E-state index in [0.717, 1.165) is 50.5 Å². The number of ether oxygens (including phenoxy) is 1. The summed E-state index contributed by atoms with van der Waals surface area (Å²) in [7, 11) is 0. The Bertz CT molecular complexity index is 558. The monoisotopic (exact) mass is 303 g/mol. The van der Waals surface area contributed by atoms with Crippen molar-refractivity contribution in [2.75, 3.05) is 19.8 Å². The summed E-state index contributed by atoms with van der Waals surface area (Å²) in [5.74, 6) is 0. The maximum absolute atomic E-state index is 5.68. The molecule has 2 aromatic heterocycles. The lowest BCUT2D eigenvalue weighted by molar-refractivity contribution is -0.0139. The minimum Gasteiger partial charge on any atom is -0.378 e. The average Bonchev–Trinajstić information content (AvgIpc) is 3.01. The van der Waals surface area contributed by atoms with Crippen LogP contribution >= 0.6 is 11.3 Å². The number of aromatic nitrogens is 2. The highest BCUT2D eigenvalue weighted by atomic mass is 32.1. The molecule has 5 heteroatoms. The van der Waals surface area contributed by atoms with Gasteiger partial charge in [0.05, 0.1) is 24.6 Å². The Morgan fingerprint density at radius 3 is 3.10 bits per heavy atom. The number of thiophene rings is 1. The molecule has 112 valence electrons. The van der Waals surface area contributed by atoms with E-state index in [9.17, 15) is 0 Å². The van der Waals surface area contributed by atoms with Gasteiger partial charge in [-0.2, -0.15) is 0 Å². The van der Waals surface area contributed by atoms with Crippen LogP contribution in [0.4, 0.5) is 0 Å². The summed E-state index contributed by atoms with van der Waals surface area (Å²) in [6, 6.07) is 4.81. The lowest BCUT2D eigenvalue weighted by Gasteiger charge is -2.35. The van der Waals surface area contributed by atoms with Gasteiger partial charge in [0.15, 0.2) is 0 Å². The normalized spacial score (nSPS) is 19.8. The van der Waals surface area contributed by atoms with Gasteiger partial charge < -0.3 is 4.74 Å².